The number of ether oxygens (including phenoxy) is 1. The van der Waals surface area contributed by atoms with Gasteiger partial charge in [-0.2, -0.15) is 4.98 Å². The Hall–Kier alpha value is -2.74. The first-order chi connectivity index (χ1) is 11.1. The Morgan fingerprint density at radius 2 is 2.22 bits per heavy atom. The van der Waals surface area contributed by atoms with Crippen molar-refractivity contribution < 1.29 is 9.66 Å². The summed E-state index contributed by atoms with van der Waals surface area (Å²) in [5.74, 6) is 0.258. The molecule has 8 heteroatoms. The van der Waals surface area contributed by atoms with E-state index >= 15 is 0 Å². The quantitative estimate of drug-likeness (QED) is 0.680. The summed E-state index contributed by atoms with van der Waals surface area (Å²) in [4.78, 5) is 20.3. The van der Waals surface area contributed by atoms with Crippen molar-refractivity contribution in [3.63, 3.8) is 0 Å². The number of nitrogens with zero attached hydrogens (tertiary/aromatic N) is 4. The molecule has 1 aliphatic rings. The summed E-state index contributed by atoms with van der Waals surface area (Å²) in [6.07, 6.45) is 1.06. The molecular formula is C15H17N5O3. The van der Waals surface area contributed by atoms with Crippen LogP contribution in [0.5, 0.6) is 0 Å². The third kappa shape index (κ3) is 3.07. The van der Waals surface area contributed by atoms with Crippen LogP contribution in [-0.2, 0) is 4.74 Å². The van der Waals surface area contributed by atoms with Crippen LogP contribution in [0.1, 0.15) is 17.2 Å². The third-order valence-corrected chi connectivity index (χ3v) is 3.87. The number of rotatable bonds is 3. The maximum Gasteiger partial charge on any atom is 0.329 e. The molecule has 1 aromatic heterocycles. The molecule has 1 aromatic carbocycles. The summed E-state index contributed by atoms with van der Waals surface area (Å²) >= 11 is 0. The van der Waals surface area contributed by atoms with Crippen LogP contribution in [0, 0.1) is 17.0 Å². The SMILES string of the molecule is Cc1ccccc1C1CN(c2ncc([N+](=O)[O-])c(N)n2)CCO1. The largest absolute Gasteiger partial charge is 0.378 e. The van der Waals surface area contributed by atoms with Gasteiger partial charge in [0.25, 0.3) is 0 Å². The molecule has 0 amide bonds. The average molecular weight is 315 g/mol. The molecule has 3 rings (SSSR count). The summed E-state index contributed by atoms with van der Waals surface area (Å²) in [6.45, 7) is 3.75. The highest BCUT2D eigenvalue weighted by Gasteiger charge is 2.26. The molecule has 1 fully saturated rings. The predicted molar refractivity (Wildman–Crippen MR) is 85.2 cm³/mol. The van der Waals surface area contributed by atoms with Gasteiger partial charge in [0.1, 0.15) is 12.3 Å². The Bertz CT molecular complexity index is 737. The van der Waals surface area contributed by atoms with E-state index in [9.17, 15) is 10.1 Å². The van der Waals surface area contributed by atoms with E-state index in [0.717, 1.165) is 17.3 Å². The van der Waals surface area contributed by atoms with Crippen LogP contribution >= 0.6 is 0 Å². The van der Waals surface area contributed by atoms with E-state index in [4.69, 9.17) is 10.5 Å². The maximum atomic E-state index is 10.8. The second kappa shape index (κ2) is 6.17. The highest BCUT2D eigenvalue weighted by Crippen LogP contribution is 2.28. The number of nitro groups is 1. The summed E-state index contributed by atoms with van der Waals surface area (Å²) in [5.41, 5.74) is 7.64. The minimum Gasteiger partial charge on any atom is -0.378 e. The fraction of sp³-hybridized carbons (Fsp3) is 0.333. The zero-order valence-electron chi connectivity index (χ0n) is 12.7. The Morgan fingerprint density at radius 1 is 1.43 bits per heavy atom. The molecule has 2 aromatic rings. The molecule has 2 N–H and O–H groups in total. The van der Waals surface area contributed by atoms with Crippen LogP contribution in [0.2, 0.25) is 0 Å². The molecule has 0 bridgehead atoms. The molecule has 0 saturated carbocycles. The Kier molecular flexibility index (Phi) is 4.07. The van der Waals surface area contributed by atoms with Crippen molar-refractivity contribution in [2.24, 2.45) is 0 Å². The number of hydrogen-bond acceptors (Lipinski definition) is 7. The lowest BCUT2D eigenvalue weighted by Gasteiger charge is -2.33. The van der Waals surface area contributed by atoms with Gasteiger partial charge in [-0.25, -0.2) is 4.98 Å². The monoisotopic (exact) mass is 315 g/mol. The van der Waals surface area contributed by atoms with Crippen LogP contribution in [0.4, 0.5) is 17.5 Å². The molecule has 23 heavy (non-hydrogen) atoms. The van der Waals surface area contributed by atoms with Crippen molar-refractivity contribution in [1.29, 1.82) is 0 Å². The molecule has 1 unspecified atom stereocenters. The van der Waals surface area contributed by atoms with Gasteiger partial charge in [0.2, 0.25) is 11.8 Å². The van der Waals surface area contributed by atoms with Gasteiger partial charge in [-0.05, 0) is 18.1 Å². The molecule has 120 valence electrons. The molecule has 0 radical (unpaired) electrons. The number of nitrogens with two attached hydrogens (primary N) is 1. The van der Waals surface area contributed by atoms with Crippen molar-refractivity contribution >= 4 is 17.5 Å². The molecular weight excluding hydrogens is 298 g/mol. The molecule has 2 heterocycles. The Morgan fingerprint density at radius 3 is 2.91 bits per heavy atom. The lowest BCUT2D eigenvalue weighted by atomic mass is 10.0. The normalized spacial score (nSPS) is 18.0. The average Bonchev–Trinajstić information content (AvgIpc) is 2.55. The number of nitrogen functional groups attached to an aromatic ring is 1. The van der Waals surface area contributed by atoms with Crippen LogP contribution < -0.4 is 10.6 Å². The highest BCUT2D eigenvalue weighted by molar-refractivity contribution is 5.54. The van der Waals surface area contributed by atoms with Gasteiger partial charge in [-0.15, -0.1) is 0 Å². The van der Waals surface area contributed by atoms with E-state index in [-0.39, 0.29) is 17.6 Å². The van der Waals surface area contributed by atoms with Gasteiger partial charge >= 0.3 is 5.69 Å². The highest BCUT2D eigenvalue weighted by atomic mass is 16.6. The van der Waals surface area contributed by atoms with E-state index in [1.807, 2.05) is 36.1 Å². The van der Waals surface area contributed by atoms with Gasteiger partial charge in [0.15, 0.2) is 0 Å². The molecule has 0 spiro atoms. The minimum atomic E-state index is -0.589. The van der Waals surface area contributed by atoms with Crippen LogP contribution in [0.3, 0.4) is 0 Å². The zero-order valence-corrected chi connectivity index (χ0v) is 12.7. The number of morpholine rings is 1. The summed E-state index contributed by atoms with van der Waals surface area (Å²) in [5, 5.41) is 10.8. The number of aryl methyl sites for hydroxylation is 1. The van der Waals surface area contributed by atoms with E-state index < -0.39 is 4.92 Å². The predicted octanol–water partition coefficient (Wildman–Crippen LogP) is 1.85. The molecule has 1 atom stereocenters. The topological polar surface area (TPSA) is 107 Å². The van der Waals surface area contributed by atoms with Gasteiger partial charge in [-0.1, -0.05) is 24.3 Å². The van der Waals surface area contributed by atoms with Crippen molar-refractivity contribution in [2.75, 3.05) is 30.3 Å². The van der Waals surface area contributed by atoms with Crippen LogP contribution in [-0.4, -0.2) is 34.6 Å². The molecule has 8 nitrogen and oxygen atoms in total. The second-order valence-corrected chi connectivity index (χ2v) is 5.36. The lowest BCUT2D eigenvalue weighted by Crippen LogP contribution is -2.39. The van der Waals surface area contributed by atoms with Crippen molar-refractivity contribution in [1.82, 2.24) is 9.97 Å². The standard InChI is InChI=1S/C15H17N5O3/c1-10-4-2-3-5-11(10)13-9-19(6-7-23-13)15-17-8-12(20(21)22)14(16)18-15/h2-5,8,13H,6-7,9H2,1H3,(H2,16,17,18). The molecule has 0 aliphatic carbocycles. The summed E-state index contributed by atoms with van der Waals surface area (Å²) < 4.78 is 5.85. The van der Waals surface area contributed by atoms with Crippen LogP contribution in [0.15, 0.2) is 30.5 Å². The van der Waals surface area contributed by atoms with Crippen LogP contribution in [0.25, 0.3) is 0 Å². The van der Waals surface area contributed by atoms with Crippen molar-refractivity contribution in [2.45, 2.75) is 13.0 Å². The number of hydrogen-bond donors (Lipinski definition) is 1. The maximum absolute atomic E-state index is 10.8. The van der Waals surface area contributed by atoms with Crippen molar-refractivity contribution in [3.05, 3.63) is 51.7 Å². The zero-order chi connectivity index (χ0) is 16.4. The lowest BCUT2D eigenvalue weighted by molar-refractivity contribution is -0.384. The fourth-order valence-electron chi connectivity index (χ4n) is 2.64. The Labute approximate surface area is 133 Å². The van der Waals surface area contributed by atoms with E-state index in [1.54, 1.807) is 0 Å². The van der Waals surface area contributed by atoms with Gasteiger partial charge in [-0.3, -0.25) is 10.1 Å². The summed E-state index contributed by atoms with van der Waals surface area (Å²) in [6, 6.07) is 8.04. The molecule has 1 saturated heterocycles. The number of anilines is 2. The van der Waals surface area contributed by atoms with Gasteiger partial charge in [0, 0.05) is 6.54 Å². The first-order valence-corrected chi connectivity index (χ1v) is 7.25. The second-order valence-electron chi connectivity index (χ2n) is 5.36. The van der Waals surface area contributed by atoms with Crippen molar-refractivity contribution in [3.8, 4) is 0 Å². The smallest absolute Gasteiger partial charge is 0.329 e. The van der Waals surface area contributed by atoms with Gasteiger partial charge in [0.05, 0.1) is 18.1 Å². The van der Waals surface area contributed by atoms with E-state index in [0.29, 0.717) is 25.6 Å². The summed E-state index contributed by atoms with van der Waals surface area (Å²) in [7, 11) is 0. The first kappa shape index (κ1) is 15.2. The van der Waals surface area contributed by atoms with Gasteiger partial charge < -0.3 is 15.4 Å². The number of aromatic nitrogens is 2. The first-order valence-electron chi connectivity index (χ1n) is 7.25. The van der Waals surface area contributed by atoms with E-state index in [2.05, 4.69) is 9.97 Å². The third-order valence-electron chi connectivity index (χ3n) is 3.87. The minimum absolute atomic E-state index is 0.0926. The fourth-order valence-corrected chi connectivity index (χ4v) is 2.64. The van der Waals surface area contributed by atoms with E-state index in [1.165, 1.54) is 0 Å². The Balaban J connectivity index is 1.83. The number of benzene rings is 1. The molecule has 1 aliphatic heterocycles.